The Morgan fingerprint density at radius 1 is 1.35 bits per heavy atom. The molecule has 1 aromatic rings. The van der Waals surface area contributed by atoms with Gasteiger partial charge >= 0.3 is 0 Å². The van der Waals surface area contributed by atoms with Gasteiger partial charge in [-0.05, 0) is 32.1 Å². The molecule has 0 fully saturated rings. The first-order chi connectivity index (χ1) is 7.77. The van der Waals surface area contributed by atoms with Crippen molar-refractivity contribution in [3.63, 3.8) is 0 Å². The average molecular weight is 277 g/mol. The molecule has 1 rings (SSSR count). The van der Waals surface area contributed by atoms with Gasteiger partial charge in [0.15, 0.2) is 0 Å². The third-order valence-corrected chi connectivity index (χ3v) is 4.39. The highest BCUT2D eigenvalue weighted by molar-refractivity contribution is 6.31. The van der Waals surface area contributed by atoms with E-state index in [1.807, 2.05) is 11.6 Å². The maximum absolute atomic E-state index is 6.39. The van der Waals surface area contributed by atoms with Crippen LogP contribution in [-0.4, -0.2) is 15.2 Å². The Kier molecular flexibility index (Phi) is 4.91. The lowest BCUT2D eigenvalue weighted by Gasteiger charge is -2.25. The van der Waals surface area contributed by atoms with Crippen LogP contribution in [0.4, 0.5) is 0 Å². The number of alkyl halides is 1. The van der Waals surface area contributed by atoms with E-state index in [9.17, 15) is 0 Å². The fraction of sp³-hybridized carbons (Fsp3) is 0.769. The summed E-state index contributed by atoms with van der Waals surface area (Å²) < 4.78 is 1.98. The fourth-order valence-electron chi connectivity index (χ4n) is 1.80. The van der Waals surface area contributed by atoms with Crippen molar-refractivity contribution >= 4 is 23.2 Å². The Morgan fingerprint density at radius 3 is 2.41 bits per heavy atom. The van der Waals surface area contributed by atoms with E-state index in [2.05, 4.69) is 32.8 Å². The van der Waals surface area contributed by atoms with Crippen LogP contribution in [0.5, 0.6) is 0 Å². The predicted molar refractivity (Wildman–Crippen MR) is 75.1 cm³/mol. The van der Waals surface area contributed by atoms with Gasteiger partial charge in [-0.25, -0.2) is 0 Å². The van der Waals surface area contributed by atoms with Crippen LogP contribution >= 0.6 is 23.2 Å². The highest BCUT2D eigenvalue weighted by atomic mass is 35.5. The Bertz CT molecular complexity index is 378. The Morgan fingerprint density at radius 2 is 1.94 bits per heavy atom. The predicted octanol–water partition coefficient (Wildman–Crippen LogP) is 4.45. The van der Waals surface area contributed by atoms with Gasteiger partial charge in [0.1, 0.15) is 0 Å². The van der Waals surface area contributed by atoms with Crippen molar-refractivity contribution in [1.82, 2.24) is 9.78 Å². The minimum absolute atomic E-state index is 0.125. The summed E-state index contributed by atoms with van der Waals surface area (Å²) in [6.45, 7) is 11.4. The van der Waals surface area contributed by atoms with Gasteiger partial charge in [0.25, 0.3) is 0 Å². The number of rotatable bonds is 4. The monoisotopic (exact) mass is 276 g/mol. The van der Waals surface area contributed by atoms with Crippen LogP contribution in [-0.2, 0) is 13.0 Å². The third-order valence-electron chi connectivity index (χ3n) is 3.03. The number of halogens is 2. The molecule has 0 N–H and O–H groups in total. The summed E-state index contributed by atoms with van der Waals surface area (Å²) in [5.41, 5.74) is 2.15. The molecule has 0 amide bonds. The molecule has 0 bridgehead atoms. The molecule has 0 saturated carbocycles. The third kappa shape index (κ3) is 3.62. The van der Waals surface area contributed by atoms with Crippen LogP contribution in [0, 0.1) is 12.3 Å². The summed E-state index contributed by atoms with van der Waals surface area (Å²) in [5.74, 6) is 0. The molecule has 2 nitrogen and oxygen atoms in total. The molecule has 1 atom stereocenters. The molecule has 1 unspecified atom stereocenters. The van der Waals surface area contributed by atoms with Crippen molar-refractivity contribution in [3.8, 4) is 0 Å². The molecule has 98 valence electrons. The lowest BCUT2D eigenvalue weighted by Crippen LogP contribution is -2.21. The molecule has 0 aliphatic rings. The first-order valence-corrected chi connectivity index (χ1v) is 6.94. The highest BCUT2D eigenvalue weighted by Crippen LogP contribution is 2.30. The second kappa shape index (κ2) is 5.62. The normalized spacial score (nSPS) is 14.1. The van der Waals surface area contributed by atoms with Crippen LogP contribution in [0.2, 0.25) is 5.02 Å². The van der Waals surface area contributed by atoms with Crippen molar-refractivity contribution in [2.45, 2.75) is 59.4 Å². The molecule has 0 radical (unpaired) electrons. The maximum Gasteiger partial charge on any atom is 0.0847 e. The molecule has 17 heavy (non-hydrogen) atoms. The van der Waals surface area contributed by atoms with E-state index >= 15 is 0 Å². The zero-order valence-corrected chi connectivity index (χ0v) is 12.9. The molecule has 4 heteroatoms. The van der Waals surface area contributed by atoms with Crippen LogP contribution in [0.1, 0.15) is 45.5 Å². The summed E-state index contributed by atoms with van der Waals surface area (Å²) in [7, 11) is 0. The van der Waals surface area contributed by atoms with Gasteiger partial charge in [0.05, 0.1) is 16.4 Å². The molecule has 0 aliphatic heterocycles. The lowest BCUT2D eigenvalue weighted by atomic mass is 9.89. The first-order valence-electron chi connectivity index (χ1n) is 6.13. The summed E-state index contributed by atoms with van der Waals surface area (Å²) in [6, 6.07) is 0. The largest absolute Gasteiger partial charge is 0.268 e. The van der Waals surface area contributed by atoms with Gasteiger partial charge in [-0.2, -0.15) is 5.10 Å². The Hall–Kier alpha value is -0.210. The zero-order valence-electron chi connectivity index (χ0n) is 11.3. The second-order valence-corrected chi connectivity index (χ2v) is 6.44. The Balaban J connectivity index is 2.76. The van der Waals surface area contributed by atoms with Gasteiger partial charge < -0.3 is 0 Å². The average Bonchev–Trinajstić information content (AvgIpc) is 2.50. The second-order valence-electron chi connectivity index (χ2n) is 5.53. The number of aromatic nitrogens is 2. The van der Waals surface area contributed by atoms with Gasteiger partial charge in [-0.3, -0.25) is 4.68 Å². The van der Waals surface area contributed by atoms with Gasteiger partial charge in [-0.15, -0.1) is 11.6 Å². The van der Waals surface area contributed by atoms with E-state index in [-0.39, 0.29) is 10.8 Å². The number of hydrogen-bond donors (Lipinski definition) is 0. The zero-order chi connectivity index (χ0) is 13.2. The minimum atomic E-state index is 0.125. The number of hydrogen-bond acceptors (Lipinski definition) is 1. The number of aryl methyl sites for hydroxylation is 2. The van der Waals surface area contributed by atoms with Gasteiger partial charge in [-0.1, -0.05) is 32.4 Å². The number of nitrogens with zero attached hydrogens (tertiary/aromatic N) is 2. The van der Waals surface area contributed by atoms with Crippen LogP contribution < -0.4 is 0 Å². The SMILES string of the molecule is CCn1nc(C)c(Cl)c1CCC(Cl)C(C)(C)C. The highest BCUT2D eigenvalue weighted by Gasteiger charge is 2.23. The van der Waals surface area contributed by atoms with Crippen molar-refractivity contribution < 1.29 is 0 Å². The van der Waals surface area contributed by atoms with E-state index in [1.165, 1.54) is 0 Å². The van der Waals surface area contributed by atoms with E-state index in [4.69, 9.17) is 23.2 Å². The van der Waals surface area contributed by atoms with E-state index < -0.39 is 0 Å². The van der Waals surface area contributed by atoms with Crippen molar-refractivity contribution in [2.24, 2.45) is 5.41 Å². The Labute approximate surface area is 114 Å². The molecular weight excluding hydrogens is 255 g/mol. The molecule has 0 aromatic carbocycles. The molecule has 1 aromatic heterocycles. The van der Waals surface area contributed by atoms with Crippen molar-refractivity contribution in [2.75, 3.05) is 0 Å². The molecular formula is C13H22Cl2N2. The van der Waals surface area contributed by atoms with E-state index in [0.29, 0.717) is 0 Å². The molecule has 1 heterocycles. The standard InChI is InChI=1S/C13H22Cl2N2/c1-6-17-10(12(15)9(2)16-17)7-8-11(14)13(3,4)5/h11H,6-8H2,1-5H3. The molecule has 0 saturated heterocycles. The summed E-state index contributed by atoms with van der Waals surface area (Å²) in [6.07, 6.45) is 1.81. The minimum Gasteiger partial charge on any atom is -0.268 e. The smallest absolute Gasteiger partial charge is 0.0847 e. The molecule has 0 spiro atoms. The quantitative estimate of drug-likeness (QED) is 0.743. The van der Waals surface area contributed by atoms with Crippen LogP contribution in [0.3, 0.4) is 0 Å². The molecule has 0 aliphatic carbocycles. The first kappa shape index (κ1) is 14.8. The summed E-state index contributed by atoms with van der Waals surface area (Å²) >= 11 is 12.7. The maximum atomic E-state index is 6.39. The summed E-state index contributed by atoms with van der Waals surface area (Å²) in [4.78, 5) is 0. The van der Waals surface area contributed by atoms with Gasteiger partial charge in [0.2, 0.25) is 0 Å². The van der Waals surface area contributed by atoms with Crippen LogP contribution in [0.25, 0.3) is 0 Å². The van der Waals surface area contributed by atoms with Gasteiger partial charge in [0, 0.05) is 11.9 Å². The van der Waals surface area contributed by atoms with Crippen LogP contribution in [0.15, 0.2) is 0 Å². The topological polar surface area (TPSA) is 17.8 Å². The lowest BCUT2D eigenvalue weighted by molar-refractivity contribution is 0.371. The summed E-state index contributed by atoms with van der Waals surface area (Å²) in [5, 5.41) is 5.36. The fourth-order valence-corrected chi connectivity index (χ4v) is 2.14. The van der Waals surface area contributed by atoms with Crippen molar-refractivity contribution in [1.29, 1.82) is 0 Å². The van der Waals surface area contributed by atoms with Crippen molar-refractivity contribution in [3.05, 3.63) is 16.4 Å². The van der Waals surface area contributed by atoms with E-state index in [0.717, 1.165) is 35.8 Å². The van der Waals surface area contributed by atoms with E-state index in [1.54, 1.807) is 0 Å².